The minimum absolute atomic E-state index is 0.181. The number of anilines is 1. The molecule has 0 unspecified atom stereocenters. The molecule has 3 aromatic rings. The molecule has 32 heavy (non-hydrogen) atoms. The summed E-state index contributed by atoms with van der Waals surface area (Å²) in [5.41, 5.74) is 3.02. The number of amides is 1. The molecular formula is C24H31N5O3. The number of carbonyl (C=O) groups is 1. The lowest BCUT2D eigenvalue weighted by molar-refractivity contribution is 0.0951. The van der Waals surface area contributed by atoms with Crippen LogP contribution >= 0.6 is 0 Å². The SMILES string of the molecule is CCn1ncc2c(NC3CCCCC3)c(C(=O)NCc3ccc(OC)cc3OC)cnc21. The fourth-order valence-corrected chi connectivity index (χ4v) is 4.31. The second-order valence-electron chi connectivity index (χ2n) is 8.08. The van der Waals surface area contributed by atoms with Gasteiger partial charge in [0, 0.05) is 37.0 Å². The summed E-state index contributed by atoms with van der Waals surface area (Å²) in [7, 11) is 3.22. The van der Waals surface area contributed by atoms with Crippen LogP contribution in [0.4, 0.5) is 5.69 Å². The Hall–Kier alpha value is -3.29. The van der Waals surface area contributed by atoms with E-state index < -0.39 is 0 Å². The molecule has 170 valence electrons. The minimum Gasteiger partial charge on any atom is -0.497 e. The monoisotopic (exact) mass is 437 g/mol. The Labute approximate surface area is 188 Å². The molecule has 1 amide bonds. The van der Waals surface area contributed by atoms with Crippen LogP contribution in [-0.2, 0) is 13.1 Å². The average Bonchev–Trinajstić information content (AvgIpc) is 3.27. The lowest BCUT2D eigenvalue weighted by atomic mass is 9.95. The molecule has 2 aromatic heterocycles. The smallest absolute Gasteiger partial charge is 0.255 e. The van der Waals surface area contributed by atoms with Gasteiger partial charge < -0.3 is 20.1 Å². The quantitative estimate of drug-likeness (QED) is 0.550. The maximum atomic E-state index is 13.2. The van der Waals surface area contributed by atoms with Crippen LogP contribution in [-0.4, -0.2) is 40.9 Å². The minimum atomic E-state index is -0.181. The number of ether oxygens (including phenoxy) is 2. The molecule has 4 rings (SSSR count). The van der Waals surface area contributed by atoms with E-state index in [1.807, 2.05) is 29.8 Å². The normalized spacial score (nSPS) is 14.3. The van der Waals surface area contributed by atoms with Gasteiger partial charge in [-0.05, 0) is 31.9 Å². The molecular weight excluding hydrogens is 406 g/mol. The molecule has 1 saturated carbocycles. The summed E-state index contributed by atoms with van der Waals surface area (Å²) >= 11 is 0. The number of aryl methyl sites for hydroxylation is 1. The van der Waals surface area contributed by atoms with Gasteiger partial charge in [0.15, 0.2) is 5.65 Å². The highest BCUT2D eigenvalue weighted by Crippen LogP contribution is 2.30. The van der Waals surface area contributed by atoms with Gasteiger partial charge in [0.1, 0.15) is 11.5 Å². The maximum absolute atomic E-state index is 13.2. The highest BCUT2D eigenvalue weighted by molar-refractivity contribution is 6.06. The fourth-order valence-electron chi connectivity index (χ4n) is 4.31. The fraction of sp³-hybridized carbons (Fsp3) is 0.458. The predicted molar refractivity (Wildman–Crippen MR) is 124 cm³/mol. The van der Waals surface area contributed by atoms with Gasteiger partial charge in [-0.1, -0.05) is 19.3 Å². The van der Waals surface area contributed by atoms with E-state index in [9.17, 15) is 4.79 Å². The first-order chi connectivity index (χ1) is 15.6. The number of methoxy groups -OCH3 is 2. The number of hydrogen-bond donors (Lipinski definition) is 2. The van der Waals surface area contributed by atoms with Crippen LogP contribution in [0.3, 0.4) is 0 Å². The van der Waals surface area contributed by atoms with Crippen LogP contribution in [0.25, 0.3) is 11.0 Å². The van der Waals surface area contributed by atoms with E-state index in [0.29, 0.717) is 29.6 Å². The molecule has 0 radical (unpaired) electrons. The summed E-state index contributed by atoms with van der Waals surface area (Å²) in [6, 6.07) is 5.91. The highest BCUT2D eigenvalue weighted by atomic mass is 16.5. The third-order valence-electron chi connectivity index (χ3n) is 6.10. The van der Waals surface area contributed by atoms with Crippen molar-refractivity contribution in [1.29, 1.82) is 0 Å². The average molecular weight is 438 g/mol. The number of fused-ring (bicyclic) bond motifs is 1. The van der Waals surface area contributed by atoms with Crippen molar-refractivity contribution in [2.45, 2.75) is 58.2 Å². The molecule has 1 fully saturated rings. The van der Waals surface area contributed by atoms with E-state index in [4.69, 9.17) is 9.47 Å². The molecule has 2 heterocycles. The molecule has 0 bridgehead atoms. The van der Waals surface area contributed by atoms with E-state index in [1.165, 1.54) is 19.3 Å². The molecule has 0 saturated heterocycles. The van der Waals surface area contributed by atoms with Crippen LogP contribution in [0.15, 0.2) is 30.6 Å². The Bertz CT molecular complexity index is 1090. The molecule has 2 N–H and O–H groups in total. The molecule has 0 spiro atoms. The summed E-state index contributed by atoms with van der Waals surface area (Å²) in [6.07, 6.45) is 9.36. The number of rotatable bonds is 8. The molecule has 0 atom stereocenters. The summed E-state index contributed by atoms with van der Waals surface area (Å²) in [5.74, 6) is 1.20. The molecule has 8 nitrogen and oxygen atoms in total. The molecule has 1 aliphatic carbocycles. The largest absolute Gasteiger partial charge is 0.497 e. The Kier molecular flexibility index (Phi) is 6.78. The van der Waals surface area contributed by atoms with Gasteiger partial charge in [0.2, 0.25) is 0 Å². The molecule has 8 heteroatoms. The first kappa shape index (κ1) is 21.9. The number of nitrogens with one attached hydrogen (secondary N) is 2. The third-order valence-corrected chi connectivity index (χ3v) is 6.10. The zero-order chi connectivity index (χ0) is 22.5. The highest BCUT2D eigenvalue weighted by Gasteiger charge is 2.22. The van der Waals surface area contributed by atoms with Crippen molar-refractivity contribution < 1.29 is 14.3 Å². The number of aromatic nitrogens is 3. The van der Waals surface area contributed by atoms with Gasteiger partial charge in [0.05, 0.1) is 37.1 Å². The molecule has 1 aliphatic rings. The lowest BCUT2D eigenvalue weighted by Crippen LogP contribution is -2.27. The van der Waals surface area contributed by atoms with Crippen LogP contribution in [0, 0.1) is 0 Å². The van der Waals surface area contributed by atoms with E-state index in [1.54, 1.807) is 26.6 Å². The van der Waals surface area contributed by atoms with Crippen molar-refractivity contribution in [1.82, 2.24) is 20.1 Å². The van der Waals surface area contributed by atoms with Crippen LogP contribution in [0.1, 0.15) is 54.9 Å². The number of hydrogen-bond acceptors (Lipinski definition) is 6. The maximum Gasteiger partial charge on any atom is 0.255 e. The van der Waals surface area contributed by atoms with Gasteiger partial charge >= 0.3 is 0 Å². The first-order valence-corrected chi connectivity index (χ1v) is 11.2. The standard InChI is InChI=1S/C24H31N5O3/c1-4-29-23-19(15-27-29)22(28-17-8-6-5-7-9-17)20(14-25-23)24(30)26-13-16-10-11-18(31-2)12-21(16)32-3/h10-12,14-15,17H,4-9,13H2,1-3H3,(H,25,28)(H,26,30). The second-order valence-corrected chi connectivity index (χ2v) is 8.08. The predicted octanol–water partition coefficient (Wildman–Crippen LogP) is 4.14. The van der Waals surface area contributed by atoms with Crippen molar-refractivity contribution in [3.8, 4) is 11.5 Å². The Balaban J connectivity index is 1.61. The topological polar surface area (TPSA) is 90.3 Å². The number of carbonyl (C=O) groups excluding carboxylic acids is 1. The summed E-state index contributed by atoms with van der Waals surface area (Å²) in [5, 5.41) is 12.0. The second kappa shape index (κ2) is 9.89. The van der Waals surface area contributed by atoms with E-state index in [0.717, 1.165) is 41.7 Å². The number of pyridine rings is 1. The van der Waals surface area contributed by atoms with Gasteiger partial charge in [0.25, 0.3) is 5.91 Å². The zero-order valence-electron chi connectivity index (χ0n) is 19.0. The van der Waals surface area contributed by atoms with Crippen molar-refractivity contribution in [2.24, 2.45) is 0 Å². The van der Waals surface area contributed by atoms with Gasteiger partial charge in [-0.2, -0.15) is 5.10 Å². The van der Waals surface area contributed by atoms with E-state index in [-0.39, 0.29) is 5.91 Å². The summed E-state index contributed by atoms with van der Waals surface area (Å²) < 4.78 is 12.6. The van der Waals surface area contributed by atoms with Crippen LogP contribution in [0.5, 0.6) is 11.5 Å². The summed E-state index contributed by atoms with van der Waals surface area (Å²) in [6.45, 7) is 3.09. The van der Waals surface area contributed by atoms with Crippen LogP contribution in [0.2, 0.25) is 0 Å². The van der Waals surface area contributed by atoms with E-state index in [2.05, 4.69) is 20.7 Å². The van der Waals surface area contributed by atoms with E-state index >= 15 is 0 Å². The van der Waals surface area contributed by atoms with Crippen molar-refractivity contribution in [3.05, 3.63) is 41.7 Å². The van der Waals surface area contributed by atoms with Crippen molar-refractivity contribution in [2.75, 3.05) is 19.5 Å². The van der Waals surface area contributed by atoms with Gasteiger partial charge in [-0.15, -0.1) is 0 Å². The van der Waals surface area contributed by atoms with Crippen molar-refractivity contribution in [3.63, 3.8) is 0 Å². The first-order valence-electron chi connectivity index (χ1n) is 11.2. The molecule has 1 aromatic carbocycles. The Morgan fingerprint density at radius 2 is 1.97 bits per heavy atom. The number of benzene rings is 1. The van der Waals surface area contributed by atoms with Gasteiger partial charge in [-0.3, -0.25) is 4.79 Å². The third kappa shape index (κ3) is 4.49. The Morgan fingerprint density at radius 1 is 1.16 bits per heavy atom. The summed E-state index contributed by atoms with van der Waals surface area (Å²) in [4.78, 5) is 17.8. The van der Waals surface area contributed by atoms with Crippen LogP contribution < -0.4 is 20.1 Å². The van der Waals surface area contributed by atoms with Gasteiger partial charge in [-0.25, -0.2) is 9.67 Å². The zero-order valence-corrected chi connectivity index (χ0v) is 19.0. The lowest BCUT2D eigenvalue weighted by Gasteiger charge is -2.25. The molecule has 0 aliphatic heterocycles. The number of nitrogens with zero attached hydrogens (tertiary/aromatic N) is 3. The van der Waals surface area contributed by atoms with Crippen molar-refractivity contribution >= 4 is 22.6 Å². The Morgan fingerprint density at radius 3 is 2.69 bits per heavy atom.